The van der Waals surface area contributed by atoms with E-state index in [9.17, 15) is 9.59 Å². The van der Waals surface area contributed by atoms with Crippen molar-refractivity contribution in [2.45, 2.75) is 0 Å². The molecule has 0 atom stereocenters. The van der Waals surface area contributed by atoms with Gasteiger partial charge in [-0.05, 0) is 46.3 Å². The summed E-state index contributed by atoms with van der Waals surface area (Å²) in [5.74, 6) is -0.976. The van der Waals surface area contributed by atoms with Crippen LogP contribution in [0.25, 0.3) is 0 Å². The number of benzene rings is 1. The molecule has 0 fully saturated rings. The summed E-state index contributed by atoms with van der Waals surface area (Å²) in [6.45, 7) is 0. The summed E-state index contributed by atoms with van der Waals surface area (Å²) < 4.78 is 0.628. The lowest BCUT2D eigenvalue weighted by Crippen LogP contribution is -2.15. The Bertz CT molecular complexity index is 674. The molecule has 0 saturated heterocycles. The summed E-state index contributed by atoms with van der Waals surface area (Å²) in [5, 5.41) is 2.92. The fraction of sp³-hybridized carbons (Fsp3) is 0. The van der Waals surface area contributed by atoms with Crippen molar-refractivity contribution >= 4 is 45.0 Å². The first-order valence-electron chi connectivity index (χ1n) is 5.49. The molecule has 5 nitrogen and oxygen atoms in total. The lowest BCUT2D eigenvalue weighted by atomic mass is 10.2. The number of primary amides is 1. The summed E-state index contributed by atoms with van der Waals surface area (Å²) >= 11 is 9.15. The zero-order valence-electron chi connectivity index (χ0n) is 10.1. The number of rotatable bonds is 3. The third-order valence-corrected chi connectivity index (χ3v) is 3.29. The van der Waals surface area contributed by atoms with E-state index >= 15 is 0 Å². The van der Waals surface area contributed by atoms with Crippen LogP contribution in [0.1, 0.15) is 20.7 Å². The summed E-state index contributed by atoms with van der Waals surface area (Å²) in [6.07, 6.45) is 1.42. The van der Waals surface area contributed by atoms with Crippen molar-refractivity contribution < 1.29 is 9.59 Å². The molecule has 0 bridgehead atoms. The number of anilines is 1. The molecule has 7 heteroatoms. The molecule has 0 unspecified atom stereocenters. The molecule has 102 valence electrons. The SMILES string of the molecule is NC(=O)c1ccc(Cl)c(NC(=O)c2ccc(Br)nc2)c1. The van der Waals surface area contributed by atoms with Gasteiger partial charge in [0.25, 0.3) is 5.91 Å². The number of amides is 2. The van der Waals surface area contributed by atoms with Crippen molar-refractivity contribution in [3.05, 3.63) is 57.3 Å². The molecule has 0 saturated carbocycles. The van der Waals surface area contributed by atoms with Gasteiger partial charge < -0.3 is 11.1 Å². The Balaban J connectivity index is 2.25. The Kier molecular flexibility index (Phi) is 4.36. The molecule has 1 aromatic heterocycles. The van der Waals surface area contributed by atoms with Crippen LogP contribution in [0.4, 0.5) is 5.69 Å². The maximum absolute atomic E-state index is 12.0. The van der Waals surface area contributed by atoms with Gasteiger partial charge in [0.15, 0.2) is 0 Å². The highest BCUT2D eigenvalue weighted by Gasteiger charge is 2.11. The fourth-order valence-corrected chi connectivity index (χ4v) is 1.88. The predicted octanol–water partition coefficient (Wildman–Crippen LogP) is 2.85. The first-order chi connectivity index (χ1) is 9.47. The monoisotopic (exact) mass is 353 g/mol. The van der Waals surface area contributed by atoms with Gasteiger partial charge in [0.1, 0.15) is 4.60 Å². The highest BCUT2D eigenvalue weighted by molar-refractivity contribution is 9.10. The van der Waals surface area contributed by atoms with E-state index in [2.05, 4.69) is 26.2 Å². The number of carbonyl (C=O) groups excluding carboxylic acids is 2. The lowest BCUT2D eigenvalue weighted by molar-refractivity contribution is 0.0996. The van der Waals surface area contributed by atoms with Crippen LogP contribution < -0.4 is 11.1 Å². The third-order valence-electron chi connectivity index (χ3n) is 2.49. The van der Waals surface area contributed by atoms with Crippen LogP contribution in [0.5, 0.6) is 0 Å². The summed E-state index contributed by atoms with van der Waals surface area (Å²) in [7, 11) is 0. The molecule has 1 aromatic carbocycles. The fourth-order valence-electron chi connectivity index (χ4n) is 1.48. The van der Waals surface area contributed by atoms with Gasteiger partial charge in [-0.25, -0.2) is 4.98 Å². The van der Waals surface area contributed by atoms with Gasteiger partial charge in [-0.3, -0.25) is 9.59 Å². The lowest BCUT2D eigenvalue weighted by Gasteiger charge is -2.08. The van der Waals surface area contributed by atoms with Crippen molar-refractivity contribution in [3.8, 4) is 0 Å². The number of hydrogen-bond acceptors (Lipinski definition) is 3. The molecular weight excluding hydrogens is 346 g/mol. The quantitative estimate of drug-likeness (QED) is 0.831. The predicted molar refractivity (Wildman–Crippen MR) is 79.9 cm³/mol. The maximum atomic E-state index is 12.0. The molecule has 3 N–H and O–H groups in total. The summed E-state index contributed by atoms with van der Waals surface area (Å²) in [5.41, 5.74) is 6.13. The Morgan fingerprint density at radius 3 is 2.50 bits per heavy atom. The number of halogens is 2. The molecule has 0 aliphatic heterocycles. The number of nitrogens with two attached hydrogens (primary N) is 1. The van der Waals surface area contributed by atoms with E-state index in [1.54, 1.807) is 12.1 Å². The smallest absolute Gasteiger partial charge is 0.257 e. The van der Waals surface area contributed by atoms with Gasteiger partial charge in [0, 0.05) is 11.8 Å². The second kappa shape index (κ2) is 6.02. The summed E-state index contributed by atoms with van der Waals surface area (Å²) in [6, 6.07) is 7.67. The normalized spacial score (nSPS) is 10.1. The molecule has 0 radical (unpaired) electrons. The van der Waals surface area contributed by atoms with Gasteiger partial charge in [0.05, 0.1) is 16.3 Å². The molecule has 1 heterocycles. The van der Waals surface area contributed by atoms with Gasteiger partial charge in [-0.2, -0.15) is 0 Å². The van der Waals surface area contributed by atoms with Gasteiger partial charge >= 0.3 is 0 Å². The van der Waals surface area contributed by atoms with Crippen LogP contribution in [0.2, 0.25) is 5.02 Å². The minimum absolute atomic E-state index is 0.263. The van der Waals surface area contributed by atoms with E-state index in [0.717, 1.165) is 0 Å². The first-order valence-corrected chi connectivity index (χ1v) is 6.67. The largest absolute Gasteiger partial charge is 0.366 e. The molecule has 2 rings (SSSR count). The van der Waals surface area contributed by atoms with E-state index in [0.29, 0.717) is 20.9 Å². The zero-order chi connectivity index (χ0) is 14.7. The Hall–Kier alpha value is -1.92. The van der Waals surface area contributed by atoms with Crippen molar-refractivity contribution in [2.75, 3.05) is 5.32 Å². The Morgan fingerprint density at radius 1 is 1.20 bits per heavy atom. The Morgan fingerprint density at radius 2 is 1.90 bits per heavy atom. The van der Waals surface area contributed by atoms with Crippen LogP contribution in [0, 0.1) is 0 Å². The third kappa shape index (κ3) is 3.34. The van der Waals surface area contributed by atoms with Crippen LogP contribution >= 0.6 is 27.5 Å². The highest BCUT2D eigenvalue weighted by atomic mass is 79.9. The number of carbonyl (C=O) groups is 2. The van der Waals surface area contributed by atoms with E-state index in [4.69, 9.17) is 17.3 Å². The minimum atomic E-state index is -0.595. The molecule has 0 aliphatic carbocycles. The van der Waals surface area contributed by atoms with Gasteiger partial charge in [-0.15, -0.1) is 0 Å². The van der Waals surface area contributed by atoms with Gasteiger partial charge in [0.2, 0.25) is 5.91 Å². The van der Waals surface area contributed by atoms with Crippen LogP contribution in [0.3, 0.4) is 0 Å². The topological polar surface area (TPSA) is 85.1 Å². The standard InChI is InChI=1S/C13H9BrClN3O2/c14-11-4-2-8(6-17-11)13(20)18-10-5-7(12(16)19)1-3-9(10)15/h1-6H,(H2,16,19)(H,18,20). The van der Waals surface area contributed by atoms with E-state index in [1.165, 1.54) is 24.4 Å². The van der Waals surface area contributed by atoms with Crippen molar-refractivity contribution in [3.63, 3.8) is 0 Å². The molecule has 0 spiro atoms. The average Bonchev–Trinajstić information content (AvgIpc) is 2.41. The van der Waals surface area contributed by atoms with Crippen molar-refractivity contribution in [2.24, 2.45) is 5.73 Å². The molecular formula is C13H9BrClN3O2. The summed E-state index contributed by atoms with van der Waals surface area (Å²) in [4.78, 5) is 27.1. The van der Waals surface area contributed by atoms with Crippen LogP contribution in [0.15, 0.2) is 41.1 Å². The van der Waals surface area contributed by atoms with Crippen LogP contribution in [-0.4, -0.2) is 16.8 Å². The molecule has 2 amide bonds. The molecule has 2 aromatic rings. The molecule has 20 heavy (non-hydrogen) atoms. The van der Waals surface area contributed by atoms with E-state index in [-0.39, 0.29) is 11.5 Å². The van der Waals surface area contributed by atoms with Crippen molar-refractivity contribution in [1.29, 1.82) is 0 Å². The second-order valence-electron chi connectivity index (χ2n) is 3.88. The highest BCUT2D eigenvalue weighted by Crippen LogP contribution is 2.23. The number of nitrogens with zero attached hydrogens (tertiary/aromatic N) is 1. The molecule has 0 aliphatic rings. The number of nitrogens with one attached hydrogen (secondary N) is 1. The number of pyridine rings is 1. The van der Waals surface area contributed by atoms with E-state index < -0.39 is 5.91 Å². The number of hydrogen-bond donors (Lipinski definition) is 2. The first kappa shape index (κ1) is 14.5. The minimum Gasteiger partial charge on any atom is -0.366 e. The number of aromatic nitrogens is 1. The van der Waals surface area contributed by atoms with E-state index in [1.807, 2.05) is 0 Å². The average molecular weight is 355 g/mol. The van der Waals surface area contributed by atoms with Crippen molar-refractivity contribution in [1.82, 2.24) is 4.98 Å². The second-order valence-corrected chi connectivity index (χ2v) is 5.10. The maximum Gasteiger partial charge on any atom is 0.257 e. The van der Waals surface area contributed by atoms with Gasteiger partial charge in [-0.1, -0.05) is 11.6 Å². The zero-order valence-corrected chi connectivity index (χ0v) is 12.4. The van der Waals surface area contributed by atoms with Crippen LogP contribution in [-0.2, 0) is 0 Å². The Labute approximate surface area is 128 Å².